The smallest absolute Gasteiger partial charge is 0.223 e. The highest BCUT2D eigenvalue weighted by Crippen LogP contribution is 2.43. The number of fused-ring (bicyclic) bond motifs is 2. The molecular formula is C22H27NO4S2. The van der Waals surface area contributed by atoms with Crippen LogP contribution >= 0.6 is 0 Å². The lowest BCUT2D eigenvalue weighted by molar-refractivity contribution is 0.249. The van der Waals surface area contributed by atoms with E-state index in [-0.39, 0.29) is 12.1 Å². The number of sulfonamides is 1. The SMILES string of the molecule is Cc1cc(C)c(S(=O)(=O)N2C3CCC2CC(S(=O)(=O)c2ccccc2)C3)cc1C. The molecule has 4 rings (SSSR count). The zero-order valence-corrected chi connectivity index (χ0v) is 18.6. The topological polar surface area (TPSA) is 71.5 Å². The maximum atomic E-state index is 13.5. The molecule has 156 valence electrons. The first-order chi connectivity index (χ1) is 13.6. The number of hydrogen-bond donors (Lipinski definition) is 0. The van der Waals surface area contributed by atoms with Crippen molar-refractivity contribution >= 4 is 19.9 Å². The van der Waals surface area contributed by atoms with Gasteiger partial charge in [0.1, 0.15) is 0 Å². The maximum absolute atomic E-state index is 13.5. The third kappa shape index (κ3) is 3.43. The third-order valence-corrected chi connectivity index (χ3v) is 10.8. The Labute approximate surface area is 173 Å². The van der Waals surface area contributed by atoms with Crippen LogP contribution in [0.15, 0.2) is 52.3 Å². The molecule has 0 amide bonds. The predicted octanol–water partition coefficient (Wildman–Crippen LogP) is 3.77. The Kier molecular flexibility index (Phi) is 5.12. The van der Waals surface area contributed by atoms with Crippen LogP contribution in [0.3, 0.4) is 0 Å². The van der Waals surface area contributed by atoms with Crippen LogP contribution in [0.5, 0.6) is 0 Å². The summed E-state index contributed by atoms with van der Waals surface area (Å²) in [7, 11) is -7.13. The molecule has 2 heterocycles. The molecule has 0 aromatic heterocycles. The van der Waals surface area contributed by atoms with Gasteiger partial charge in [-0.15, -0.1) is 0 Å². The molecule has 2 bridgehead atoms. The molecule has 2 aromatic rings. The molecule has 7 heteroatoms. The number of sulfone groups is 1. The lowest BCUT2D eigenvalue weighted by atomic mass is 10.1. The molecule has 2 fully saturated rings. The first-order valence-corrected chi connectivity index (χ1v) is 13.0. The Balaban J connectivity index is 1.66. The van der Waals surface area contributed by atoms with Crippen LogP contribution in [0.4, 0.5) is 0 Å². The second-order valence-corrected chi connectivity index (χ2v) is 12.4. The van der Waals surface area contributed by atoms with Gasteiger partial charge in [-0.3, -0.25) is 0 Å². The van der Waals surface area contributed by atoms with Gasteiger partial charge in [-0.2, -0.15) is 4.31 Å². The van der Waals surface area contributed by atoms with Gasteiger partial charge in [0, 0.05) is 12.1 Å². The van der Waals surface area contributed by atoms with Gasteiger partial charge in [-0.1, -0.05) is 24.3 Å². The number of piperidine rings is 1. The number of benzene rings is 2. The highest BCUT2D eigenvalue weighted by atomic mass is 32.2. The zero-order valence-electron chi connectivity index (χ0n) is 17.0. The fraction of sp³-hybridized carbons (Fsp3) is 0.455. The number of nitrogens with zero attached hydrogens (tertiary/aromatic N) is 1. The molecule has 2 unspecified atom stereocenters. The van der Waals surface area contributed by atoms with Crippen molar-refractivity contribution < 1.29 is 16.8 Å². The van der Waals surface area contributed by atoms with Crippen LogP contribution in [0, 0.1) is 20.8 Å². The Morgan fingerprint density at radius 2 is 1.34 bits per heavy atom. The quantitative estimate of drug-likeness (QED) is 0.736. The van der Waals surface area contributed by atoms with Gasteiger partial charge in [0.2, 0.25) is 10.0 Å². The Morgan fingerprint density at radius 1 is 0.793 bits per heavy atom. The van der Waals surface area contributed by atoms with E-state index in [0.717, 1.165) is 16.7 Å². The summed E-state index contributed by atoms with van der Waals surface area (Å²) >= 11 is 0. The van der Waals surface area contributed by atoms with Crippen LogP contribution in [-0.4, -0.2) is 38.5 Å². The molecule has 2 saturated heterocycles. The lowest BCUT2D eigenvalue weighted by Crippen LogP contribution is -2.49. The molecule has 0 spiro atoms. The van der Waals surface area contributed by atoms with Gasteiger partial charge in [0.25, 0.3) is 0 Å². The Morgan fingerprint density at radius 3 is 1.93 bits per heavy atom. The summed E-state index contributed by atoms with van der Waals surface area (Å²) in [5.41, 5.74) is 2.76. The minimum absolute atomic E-state index is 0.261. The minimum Gasteiger partial charge on any atom is -0.223 e. The summed E-state index contributed by atoms with van der Waals surface area (Å²) in [6.07, 6.45) is 2.15. The first kappa shape index (κ1) is 20.6. The van der Waals surface area contributed by atoms with Crippen molar-refractivity contribution in [2.75, 3.05) is 0 Å². The van der Waals surface area contributed by atoms with Crippen molar-refractivity contribution in [1.29, 1.82) is 0 Å². The Hall–Kier alpha value is -1.70. The van der Waals surface area contributed by atoms with Crippen molar-refractivity contribution in [3.05, 3.63) is 59.2 Å². The second-order valence-electron chi connectivity index (χ2n) is 8.37. The first-order valence-electron chi connectivity index (χ1n) is 10.0. The summed E-state index contributed by atoms with van der Waals surface area (Å²) in [6, 6.07) is 11.6. The van der Waals surface area contributed by atoms with E-state index in [1.807, 2.05) is 26.8 Å². The highest BCUT2D eigenvalue weighted by molar-refractivity contribution is 7.92. The largest absolute Gasteiger partial charge is 0.243 e. The van der Waals surface area contributed by atoms with Crippen LogP contribution < -0.4 is 0 Å². The predicted molar refractivity (Wildman–Crippen MR) is 113 cm³/mol. The van der Waals surface area contributed by atoms with Gasteiger partial charge in [0.15, 0.2) is 9.84 Å². The fourth-order valence-corrected chi connectivity index (χ4v) is 8.92. The average Bonchev–Trinajstić information content (AvgIpc) is 2.96. The third-order valence-electron chi connectivity index (χ3n) is 6.48. The molecule has 5 nitrogen and oxygen atoms in total. The van der Waals surface area contributed by atoms with E-state index in [9.17, 15) is 16.8 Å². The molecular weight excluding hydrogens is 406 g/mol. The number of rotatable bonds is 4. The van der Waals surface area contributed by atoms with E-state index in [1.165, 1.54) is 0 Å². The van der Waals surface area contributed by atoms with Crippen molar-refractivity contribution in [2.24, 2.45) is 0 Å². The molecule has 0 radical (unpaired) electrons. The minimum atomic E-state index is -3.66. The van der Waals surface area contributed by atoms with E-state index < -0.39 is 25.1 Å². The van der Waals surface area contributed by atoms with Gasteiger partial charge in [-0.05, 0) is 81.3 Å². The van der Waals surface area contributed by atoms with E-state index in [2.05, 4.69) is 0 Å². The average molecular weight is 434 g/mol. The molecule has 2 aromatic carbocycles. The van der Waals surface area contributed by atoms with Crippen LogP contribution in [-0.2, 0) is 19.9 Å². The maximum Gasteiger partial charge on any atom is 0.243 e. The van der Waals surface area contributed by atoms with E-state index in [4.69, 9.17) is 0 Å². The van der Waals surface area contributed by atoms with Crippen LogP contribution in [0.2, 0.25) is 0 Å². The second kappa shape index (κ2) is 7.22. The lowest BCUT2D eigenvalue weighted by Gasteiger charge is -2.38. The zero-order chi connectivity index (χ0) is 21.0. The van der Waals surface area contributed by atoms with Gasteiger partial charge in [-0.25, -0.2) is 16.8 Å². The van der Waals surface area contributed by atoms with E-state index in [0.29, 0.717) is 35.5 Å². The van der Waals surface area contributed by atoms with Crippen molar-refractivity contribution in [1.82, 2.24) is 4.31 Å². The standard InChI is InChI=1S/C22H27NO4S2/c1-15-11-17(3)22(12-16(15)2)29(26,27)23-18-9-10-19(23)14-21(13-18)28(24,25)20-7-5-4-6-8-20/h4-8,11-12,18-19,21H,9-10,13-14H2,1-3H3. The molecule has 0 N–H and O–H groups in total. The summed E-state index contributed by atoms with van der Waals surface area (Å²) in [6.45, 7) is 5.72. The summed E-state index contributed by atoms with van der Waals surface area (Å²) < 4.78 is 54.9. The molecule has 0 saturated carbocycles. The summed E-state index contributed by atoms with van der Waals surface area (Å²) in [5.74, 6) is 0. The molecule has 2 aliphatic rings. The normalized spacial score (nSPS) is 25.3. The van der Waals surface area contributed by atoms with Gasteiger partial charge >= 0.3 is 0 Å². The highest BCUT2D eigenvalue weighted by Gasteiger charge is 2.50. The van der Waals surface area contributed by atoms with E-state index in [1.54, 1.807) is 40.7 Å². The van der Waals surface area contributed by atoms with Gasteiger partial charge in [0.05, 0.1) is 15.0 Å². The van der Waals surface area contributed by atoms with Gasteiger partial charge < -0.3 is 0 Å². The number of aryl methyl sites for hydroxylation is 3. The van der Waals surface area contributed by atoms with Crippen molar-refractivity contribution in [2.45, 2.75) is 73.6 Å². The summed E-state index contributed by atoms with van der Waals surface area (Å²) in [5, 5.41) is -0.533. The number of hydrogen-bond acceptors (Lipinski definition) is 4. The molecule has 2 aliphatic heterocycles. The van der Waals surface area contributed by atoms with E-state index >= 15 is 0 Å². The monoisotopic (exact) mass is 433 g/mol. The molecule has 0 aliphatic carbocycles. The molecule has 2 atom stereocenters. The summed E-state index contributed by atoms with van der Waals surface area (Å²) in [4.78, 5) is 0.674. The molecule has 29 heavy (non-hydrogen) atoms. The van der Waals surface area contributed by atoms with Crippen molar-refractivity contribution in [3.63, 3.8) is 0 Å². The van der Waals surface area contributed by atoms with Crippen molar-refractivity contribution in [3.8, 4) is 0 Å². The fourth-order valence-electron chi connectivity index (χ4n) is 4.86. The van der Waals surface area contributed by atoms with Crippen LogP contribution in [0.1, 0.15) is 42.4 Å². The Bertz CT molecular complexity index is 1130. The van der Waals surface area contributed by atoms with Crippen LogP contribution in [0.25, 0.3) is 0 Å².